The van der Waals surface area contributed by atoms with Crippen LogP contribution in [0.5, 0.6) is 0 Å². The monoisotopic (exact) mass is 412 g/mol. The van der Waals surface area contributed by atoms with Crippen molar-refractivity contribution in [2.24, 2.45) is 5.73 Å². The molecular formula is C15H28N2O11. The second-order valence-corrected chi connectivity index (χ2v) is 6.89. The summed E-state index contributed by atoms with van der Waals surface area (Å²) < 4.78 is 15.9. The van der Waals surface area contributed by atoms with Crippen LogP contribution in [0.2, 0.25) is 0 Å². The summed E-state index contributed by atoms with van der Waals surface area (Å²) in [5.74, 6) is -2.97. The maximum atomic E-state index is 11.9. The minimum atomic E-state index is -2.27. The van der Waals surface area contributed by atoms with Crippen LogP contribution < -0.4 is 11.1 Å². The van der Waals surface area contributed by atoms with E-state index in [0.717, 1.165) is 0 Å². The SMILES string of the molecule is C[C@H](N)C(=O)N[C@@H]1[C@H](O)[C@@H](CO)OC(O[C@]2(CO)O[C@H](CO)[C@@H](O)[C@@H]2O)[C@@H]1O. The van der Waals surface area contributed by atoms with Crippen LogP contribution in [0, 0.1) is 0 Å². The number of aliphatic hydroxyl groups is 7. The lowest BCUT2D eigenvalue weighted by Crippen LogP contribution is -2.67. The van der Waals surface area contributed by atoms with Crippen molar-refractivity contribution in [3.05, 3.63) is 0 Å². The maximum Gasteiger partial charge on any atom is 0.237 e. The number of carbonyl (C=O) groups excluding carboxylic acids is 1. The van der Waals surface area contributed by atoms with Gasteiger partial charge in [0.05, 0.1) is 25.3 Å². The fourth-order valence-electron chi connectivity index (χ4n) is 3.12. The topological polar surface area (TPSA) is 224 Å². The van der Waals surface area contributed by atoms with E-state index in [0.29, 0.717) is 0 Å². The van der Waals surface area contributed by atoms with Gasteiger partial charge in [-0.05, 0) is 6.92 Å². The van der Waals surface area contributed by atoms with E-state index in [2.05, 4.69) is 5.32 Å². The summed E-state index contributed by atoms with van der Waals surface area (Å²) in [6.45, 7) is -1.01. The Bertz CT molecular complexity index is 538. The van der Waals surface area contributed by atoms with Crippen LogP contribution in [-0.4, -0.2) is 122 Å². The Kier molecular flexibility index (Phi) is 7.69. The average molecular weight is 412 g/mol. The van der Waals surface area contributed by atoms with E-state index in [1.807, 2.05) is 0 Å². The Hall–Kier alpha value is -0.970. The van der Waals surface area contributed by atoms with Gasteiger partial charge in [-0.15, -0.1) is 0 Å². The van der Waals surface area contributed by atoms with Crippen molar-refractivity contribution in [3.8, 4) is 0 Å². The molecular weight excluding hydrogens is 384 g/mol. The van der Waals surface area contributed by atoms with Gasteiger partial charge >= 0.3 is 0 Å². The fourth-order valence-corrected chi connectivity index (χ4v) is 3.12. The lowest BCUT2D eigenvalue weighted by molar-refractivity contribution is -0.375. The summed E-state index contributed by atoms with van der Waals surface area (Å²) in [5, 5.41) is 71.5. The quantitative estimate of drug-likeness (QED) is 0.190. The smallest absolute Gasteiger partial charge is 0.237 e. The number of ether oxygens (including phenoxy) is 3. The van der Waals surface area contributed by atoms with E-state index in [-0.39, 0.29) is 0 Å². The van der Waals surface area contributed by atoms with Gasteiger partial charge in [0.15, 0.2) is 6.29 Å². The molecule has 0 aliphatic carbocycles. The van der Waals surface area contributed by atoms with Crippen molar-refractivity contribution in [1.29, 1.82) is 0 Å². The zero-order chi connectivity index (χ0) is 21.2. The molecule has 0 saturated carbocycles. The van der Waals surface area contributed by atoms with Crippen LogP contribution >= 0.6 is 0 Å². The van der Waals surface area contributed by atoms with Gasteiger partial charge in [-0.2, -0.15) is 0 Å². The average Bonchev–Trinajstić information content (AvgIpc) is 2.92. The molecule has 10 atom stereocenters. The van der Waals surface area contributed by atoms with Crippen molar-refractivity contribution >= 4 is 5.91 Å². The summed E-state index contributed by atoms with van der Waals surface area (Å²) >= 11 is 0. The van der Waals surface area contributed by atoms with Gasteiger partial charge in [-0.3, -0.25) is 4.79 Å². The van der Waals surface area contributed by atoms with Gasteiger partial charge in [-0.25, -0.2) is 0 Å². The Morgan fingerprint density at radius 1 is 1.11 bits per heavy atom. The number of hydrogen-bond donors (Lipinski definition) is 9. The van der Waals surface area contributed by atoms with E-state index in [1.54, 1.807) is 0 Å². The highest BCUT2D eigenvalue weighted by atomic mass is 16.8. The molecule has 10 N–H and O–H groups in total. The number of amides is 1. The molecule has 0 radical (unpaired) electrons. The summed E-state index contributed by atoms with van der Waals surface area (Å²) in [6, 6.07) is -2.33. The van der Waals surface area contributed by atoms with Crippen molar-refractivity contribution in [3.63, 3.8) is 0 Å². The van der Waals surface area contributed by atoms with Crippen molar-refractivity contribution in [2.75, 3.05) is 19.8 Å². The molecule has 13 heteroatoms. The van der Waals surface area contributed by atoms with E-state index in [1.165, 1.54) is 6.92 Å². The van der Waals surface area contributed by atoms with Crippen LogP contribution in [0.3, 0.4) is 0 Å². The molecule has 28 heavy (non-hydrogen) atoms. The van der Waals surface area contributed by atoms with Gasteiger partial charge in [0.25, 0.3) is 0 Å². The van der Waals surface area contributed by atoms with Gasteiger partial charge in [0.2, 0.25) is 11.7 Å². The number of nitrogens with one attached hydrogen (secondary N) is 1. The van der Waals surface area contributed by atoms with E-state index < -0.39 is 86.5 Å². The molecule has 1 unspecified atom stereocenters. The molecule has 2 heterocycles. The third-order valence-corrected chi connectivity index (χ3v) is 4.83. The minimum Gasteiger partial charge on any atom is -0.394 e. The first-order valence-corrected chi connectivity index (χ1v) is 8.73. The Morgan fingerprint density at radius 2 is 1.71 bits per heavy atom. The first-order chi connectivity index (χ1) is 13.1. The highest BCUT2D eigenvalue weighted by molar-refractivity contribution is 5.81. The minimum absolute atomic E-state index is 0.692. The Balaban J connectivity index is 2.24. The highest BCUT2D eigenvalue weighted by Crippen LogP contribution is 2.35. The normalized spacial score (nSPS) is 45.0. The van der Waals surface area contributed by atoms with Crippen LogP contribution in [-0.2, 0) is 19.0 Å². The molecule has 164 valence electrons. The van der Waals surface area contributed by atoms with Crippen molar-refractivity contribution in [1.82, 2.24) is 5.32 Å². The van der Waals surface area contributed by atoms with Crippen LogP contribution in [0.4, 0.5) is 0 Å². The second kappa shape index (κ2) is 9.23. The molecule has 0 aromatic carbocycles. The number of rotatable bonds is 7. The number of nitrogens with two attached hydrogens (primary N) is 1. The van der Waals surface area contributed by atoms with E-state index in [4.69, 9.17) is 19.9 Å². The molecule has 13 nitrogen and oxygen atoms in total. The highest BCUT2D eigenvalue weighted by Gasteiger charge is 2.58. The van der Waals surface area contributed by atoms with Crippen LogP contribution in [0.25, 0.3) is 0 Å². The van der Waals surface area contributed by atoms with Crippen LogP contribution in [0.1, 0.15) is 6.92 Å². The summed E-state index contributed by atoms with van der Waals surface area (Å²) in [7, 11) is 0. The summed E-state index contributed by atoms with van der Waals surface area (Å²) in [4.78, 5) is 11.9. The zero-order valence-corrected chi connectivity index (χ0v) is 15.2. The molecule has 0 aromatic rings. The summed E-state index contributed by atoms with van der Waals surface area (Å²) in [6.07, 6.45) is -11.0. The summed E-state index contributed by atoms with van der Waals surface area (Å²) in [5.41, 5.74) is 5.46. The molecule has 0 bridgehead atoms. The molecule has 1 amide bonds. The predicted octanol–water partition coefficient (Wildman–Crippen LogP) is -5.92. The standard InChI is InChI=1S/C15H28N2O11/c1-5(16)13(25)17-8-9(21)6(2-18)26-14(11(8)23)28-15(4-20)12(24)10(22)7(3-19)27-15/h5-12,14,18-24H,2-4,16H2,1H3,(H,17,25)/t5-,6+,7+,8+,9+,10+,11+,12-,14?,15-/m0/s1. The molecule has 0 spiro atoms. The molecule has 0 aromatic heterocycles. The Morgan fingerprint density at radius 3 is 2.18 bits per heavy atom. The second-order valence-electron chi connectivity index (χ2n) is 6.89. The maximum absolute atomic E-state index is 11.9. The molecule has 2 rings (SSSR count). The van der Waals surface area contributed by atoms with E-state index in [9.17, 15) is 40.5 Å². The number of aliphatic hydroxyl groups excluding tert-OH is 7. The first-order valence-electron chi connectivity index (χ1n) is 8.73. The molecule has 2 aliphatic heterocycles. The predicted molar refractivity (Wildman–Crippen MR) is 88.2 cm³/mol. The van der Waals surface area contributed by atoms with Gasteiger partial charge in [0, 0.05) is 0 Å². The van der Waals surface area contributed by atoms with Gasteiger partial charge in [0.1, 0.15) is 43.2 Å². The lowest BCUT2D eigenvalue weighted by atomic mass is 9.95. The first kappa shape index (κ1) is 23.3. The molecule has 2 fully saturated rings. The van der Waals surface area contributed by atoms with Crippen LogP contribution in [0.15, 0.2) is 0 Å². The molecule has 2 saturated heterocycles. The molecule has 2 aliphatic rings. The number of hydrogen-bond acceptors (Lipinski definition) is 12. The lowest BCUT2D eigenvalue weighted by Gasteiger charge is -2.45. The zero-order valence-electron chi connectivity index (χ0n) is 15.2. The fraction of sp³-hybridized carbons (Fsp3) is 0.933. The van der Waals surface area contributed by atoms with Crippen molar-refractivity contribution < 1.29 is 54.8 Å². The third-order valence-electron chi connectivity index (χ3n) is 4.83. The van der Waals surface area contributed by atoms with E-state index >= 15 is 0 Å². The Labute approximate surface area is 160 Å². The van der Waals surface area contributed by atoms with Gasteiger partial charge in [-0.1, -0.05) is 0 Å². The van der Waals surface area contributed by atoms with Gasteiger partial charge < -0.3 is 61.0 Å². The third kappa shape index (κ3) is 4.29. The van der Waals surface area contributed by atoms with Crippen molar-refractivity contribution in [2.45, 2.75) is 67.7 Å². The number of carbonyl (C=O) groups is 1. The largest absolute Gasteiger partial charge is 0.394 e.